The number of unbranched alkanes of at least 4 members (excludes halogenated alkanes) is 7. The molecule has 0 aliphatic carbocycles. The van der Waals surface area contributed by atoms with Gasteiger partial charge in [-0.25, -0.2) is 4.79 Å². The Labute approximate surface area is 271 Å². The van der Waals surface area contributed by atoms with Crippen LogP contribution in [0.4, 0.5) is 0 Å². The summed E-state index contributed by atoms with van der Waals surface area (Å²) in [5.74, 6) is -2.46. The van der Waals surface area contributed by atoms with E-state index in [9.17, 15) is 29.7 Å². The summed E-state index contributed by atoms with van der Waals surface area (Å²) in [6.07, 6.45) is 33.3. The summed E-state index contributed by atoms with van der Waals surface area (Å²) < 4.78 is 5.17. The number of hydrogen-bond donors (Lipinski definition) is 3. The lowest BCUT2D eigenvalue weighted by atomic mass is 10.1. The van der Waals surface area contributed by atoms with E-state index in [1.54, 1.807) is 18.2 Å². The maximum absolute atomic E-state index is 12.2. The van der Waals surface area contributed by atoms with Crippen molar-refractivity contribution in [2.75, 3.05) is 0 Å². The van der Waals surface area contributed by atoms with Crippen LogP contribution in [0, 0.1) is 0 Å². The molecule has 2 aromatic rings. The Morgan fingerprint density at radius 3 is 1.76 bits per heavy atom. The van der Waals surface area contributed by atoms with Crippen molar-refractivity contribution in [2.45, 2.75) is 64.7 Å². The van der Waals surface area contributed by atoms with E-state index in [2.05, 4.69) is 19.1 Å². The van der Waals surface area contributed by atoms with Crippen molar-refractivity contribution in [3.63, 3.8) is 0 Å². The van der Waals surface area contributed by atoms with Crippen LogP contribution in [-0.2, 0) is 14.4 Å². The maximum atomic E-state index is 12.2. The van der Waals surface area contributed by atoms with Crippen molar-refractivity contribution in [3.05, 3.63) is 120 Å². The van der Waals surface area contributed by atoms with Gasteiger partial charge in [-0.3, -0.25) is 9.59 Å². The summed E-state index contributed by atoms with van der Waals surface area (Å²) in [7, 11) is 0. The summed E-state index contributed by atoms with van der Waals surface area (Å²) in [6.45, 7) is 2.24. The number of carbonyl (C=O) groups is 3. The van der Waals surface area contributed by atoms with Crippen molar-refractivity contribution < 1.29 is 34.4 Å². The van der Waals surface area contributed by atoms with E-state index in [-0.39, 0.29) is 29.4 Å². The summed E-state index contributed by atoms with van der Waals surface area (Å²) in [5.41, 5.74) is 0.958. The quantitative estimate of drug-likeness (QED) is 0.0256. The van der Waals surface area contributed by atoms with Gasteiger partial charge >= 0.3 is 5.97 Å². The lowest BCUT2D eigenvalue weighted by molar-refractivity contribution is -0.129. The van der Waals surface area contributed by atoms with Crippen LogP contribution in [0.25, 0.3) is 12.2 Å². The number of esters is 1. The SMILES string of the molecule is CCCCCCCCC/C=C/C=C/C=C/C=C/C=C/C(=O)Oc1ccc(/C=C/C(=O)CC(=O)/C=C/c2ccc(O)c(O)c2)cc1O. The molecule has 2 aromatic carbocycles. The van der Waals surface area contributed by atoms with E-state index >= 15 is 0 Å². The zero-order valence-electron chi connectivity index (χ0n) is 26.4. The van der Waals surface area contributed by atoms with E-state index < -0.39 is 17.5 Å². The van der Waals surface area contributed by atoms with E-state index in [0.29, 0.717) is 11.1 Å². The normalized spacial score (nSPS) is 12.3. The van der Waals surface area contributed by atoms with Gasteiger partial charge < -0.3 is 20.1 Å². The Hall–Kier alpha value is -5.17. The predicted octanol–water partition coefficient (Wildman–Crippen LogP) is 8.89. The summed E-state index contributed by atoms with van der Waals surface area (Å²) >= 11 is 0. The highest BCUT2D eigenvalue weighted by molar-refractivity contribution is 6.10. The first-order valence-corrected chi connectivity index (χ1v) is 15.6. The average Bonchev–Trinajstić information content (AvgIpc) is 3.03. The average molecular weight is 625 g/mol. The van der Waals surface area contributed by atoms with Gasteiger partial charge in [-0.1, -0.05) is 124 Å². The zero-order chi connectivity index (χ0) is 33.4. The highest BCUT2D eigenvalue weighted by Crippen LogP contribution is 2.28. The Morgan fingerprint density at radius 2 is 1.15 bits per heavy atom. The van der Waals surface area contributed by atoms with Crippen molar-refractivity contribution in [1.82, 2.24) is 0 Å². The van der Waals surface area contributed by atoms with Gasteiger partial charge in [0.15, 0.2) is 34.6 Å². The molecular formula is C39H44O7. The van der Waals surface area contributed by atoms with Crippen molar-refractivity contribution in [2.24, 2.45) is 0 Å². The minimum Gasteiger partial charge on any atom is -0.504 e. The molecule has 0 fully saturated rings. The van der Waals surface area contributed by atoms with E-state index in [4.69, 9.17) is 4.74 Å². The van der Waals surface area contributed by atoms with Gasteiger partial charge in [0, 0.05) is 6.08 Å². The molecule has 0 heterocycles. The molecule has 0 atom stereocenters. The molecule has 0 unspecified atom stereocenters. The Bertz CT molecular complexity index is 1490. The monoisotopic (exact) mass is 624 g/mol. The lowest BCUT2D eigenvalue weighted by Crippen LogP contribution is -2.03. The molecule has 0 aliphatic heterocycles. The van der Waals surface area contributed by atoms with E-state index in [1.165, 1.54) is 112 Å². The first kappa shape index (κ1) is 37.0. The fourth-order valence-electron chi connectivity index (χ4n) is 4.09. The van der Waals surface area contributed by atoms with E-state index in [1.807, 2.05) is 24.3 Å². The van der Waals surface area contributed by atoms with Gasteiger partial charge in [0.25, 0.3) is 0 Å². The maximum Gasteiger partial charge on any atom is 0.336 e. The third-order valence-corrected chi connectivity index (χ3v) is 6.59. The van der Waals surface area contributed by atoms with Gasteiger partial charge in [-0.05, 0) is 60.4 Å². The van der Waals surface area contributed by atoms with Crippen LogP contribution in [0.1, 0.15) is 75.8 Å². The molecule has 0 saturated carbocycles. The highest BCUT2D eigenvalue weighted by atomic mass is 16.5. The third-order valence-electron chi connectivity index (χ3n) is 6.59. The summed E-state index contributed by atoms with van der Waals surface area (Å²) in [5, 5.41) is 29.1. The fraction of sp³-hybridized carbons (Fsp3) is 0.256. The number of rotatable bonds is 20. The van der Waals surface area contributed by atoms with Gasteiger partial charge in [-0.2, -0.15) is 0 Å². The zero-order valence-corrected chi connectivity index (χ0v) is 26.4. The lowest BCUT2D eigenvalue weighted by Gasteiger charge is -2.04. The second-order valence-corrected chi connectivity index (χ2v) is 10.5. The smallest absolute Gasteiger partial charge is 0.336 e. The largest absolute Gasteiger partial charge is 0.504 e. The Morgan fingerprint density at radius 1 is 0.609 bits per heavy atom. The number of phenols is 3. The molecule has 7 heteroatoms. The molecule has 0 radical (unpaired) electrons. The number of aromatic hydroxyl groups is 3. The molecule has 46 heavy (non-hydrogen) atoms. The molecular weight excluding hydrogens is 580 g/mol. The van der Waals surface area contributed by atoms with Crippen LogP contribution in [-0.4, -0.2) is 32.9 Å². The first-order valence-electron chi connectivity index (χ1n) is 15.6. The molecule has 7 nitrogen and oxygen atoms in total. The number of carbonyl (C=O) groups excluding carboxylic acids is 3. The van der Waals surface area contributed by atoms with Gasteiger partial charge in [0.1, 0.15) is 0 Å². The number of hydrogen-bond acceptors (Lipinski definition) is 7. The van der Waals surface area contributed by atoms with Crippen LogP contribution in [0.2, 0.25) is 0 Å². The molecule has 2 rings (SSSR count). The molecule has 242 valence electrons. The molecule has 0 bridgehead atoms. The van der Waals surface area contributed by atoms with Crippen LogP contribution >= 0.6 is 0 Å². The number of phenolic OH excluding ortho intramolecular Hbond substituents is 3. The molecule has 0 aliphatic rings. The van der Waals surface area contributed by atoms with Gasteiger partial charge in [0.05, 0.1) is 6.42 Å². The van der Waals surface area contributed by atoms with Crippen LogP contribution in [0.15, 0.2) is 109 Å². The van der Waals surface area contributed by atoms with Crippen LogP contribution in [0.5, 0.6) is 23.0 Å². The molecule has 3 N–H and O–H groups in total. The first-order chi connectivity index (χ1) is 22.3. The minimum atomic E-state index is -0.664. The van der Waals surface area contributed by atoms with Crippen molar-refractivity contribution in [1.29, 1.82) is 0 Å². The fourth-order valence-corrected chi connectivity index (χ4v) is 4.09. The third kappa shape index (κ3) is 16.6. The number of ketones is 2. The molecule has 0 aromatic heterocycles. The van der Waals surface area contributed by atoms with Crippen LogP contribution in [0.3, 0.4) is 0 Å². The van der Waals surface area contributed by atoms with Crippen molar-refractivity contribution >= 4 is 29.7 Å². The second-order valence-electron chi connectivity index (χ2n) is 10.5. The van der Waals surface area contributed by atoms with Crippen LogP contribution < -0.4 is 4.74 Å². The standard InChI is InChI=1S/C39H44O7/c1-2-3-4-5-6-7-8-9-10-11-12-13-14-15-16-17-18-19-39(45)46-38-27-23-32(29-37(38)44)21-25-34(41)30-33(40)24-20-31-22-26-35(42)36(43)28-31/h10-29,42-44H,2-9,30H2,1H3/b11-10+,13-12+,15-14+,17-16+,19-18+,24-20+,25-21+. The topological polar surface area (TPSA) is 121 Å². The molecule has 0 amide bonds. The number of benzene rings is 2. The summed E-state index contributed by atoms with van der Waals surface area (Å²) in [4.78, 5) is 36.3. The minimum absolute atomic E-state index is 0.0345. The van der Waals surface area contributed by atoms with Gasteiger partial charge in [-0.15, -0.1) is 0 Å². The Kier molecular flexibility index (Phi) is 18.0. The highest BCUT2D eigenvalue weighted by Gasteiger charge is 2.08. The summed E-state index contributed by atoms with van der Waals surface area (Å²) in [6, 6.07) is 8.38. The number of ether oxygens (including phenoxy) is 1. The van der Waals surface area contributed by atoms with Crippen molar-refractivity contribution in [3.8, 4) is 23.0 Å². The molecule has 0 spiro atoms. The Balaban J connectivity index is 1.69. The number of allylic oxidation sites excluding steroid dienone is 11. The van der Waals surface area contributed by atoms with E-state index in [0.717, 1.165) is 6.42 Å². The molecule has 0 saturated heterocycles. The van der Waals surface area contributed by atoms with Gasteiger partial charge in [0.2, 0.25) is 0 Å². The predicted molar refractivity (Wildman–Crippen MR) is 185 cm³/mol. The second kappa shape index (κ2) is 22.4.